The van der Waals surface area contributed by atoms with Crippen molar-refractivity contribution in [1.82, 2.24) is 10.2 Å². The number of aromatic nitrogens is 2. The van der Waals surface area contributed by atoms with Gasteiger partial charge in [0, 0.05) is 5.56 Å². The summed E-state index contributed by atoms with van der Waals surface area (Å²) < 4.78 is 0. The maximum atomic E-state index is 5.94. The monoisotopic (exact) mass is 215 g/mol. The first-order chi connectivity index (χ1) is 7.72. The molecule has 16 heavy (non-hydrogen) atoms. The third-order valence-electron chi connectivity index (χ3n) is 2.76. The van der Waals surface area contributed by atoms with Gasteiger partial charge in [-0.05, 0) is 18.9 Å². The van der Waals surface area contributed by atoms with Crippen LogP contribution < -0.4 is 5.73 Å². The van der Waals surface area contributed by atoms with Crippen LogP contribution in [0.1, 0.15) is 24.6 Å². The first kappa shape index (κ1) is 10.7. The molecule has 0 spiro atoms. The molecule has 3 nitrogen and oxygen atoms in total. The highest BCUT2D eigenvalue weighted by Crippen LogP contribution is 2.25. The molecule has 0 aliphatic rings. The lowest BCUT2D eigenvalue weighted by atomic mass is 10.1. The van der Waals surface area contributed by atoms with Crippen molar-refractivity contribution in [1.29, 1.82) is 0 Å². The zero-order chi connectivity index (χ0) is 11.5. The van der Waals surface area contributed by atoms with Crippen molar-refractivity contribution in [3.05, 3.63) is 35.5 Å². The Morgan fingerprint density at radius 2 is 1.94 bits per heavy atom. The van der Waals surface area contributed by atoms with Gasteiger partial charge in [-0.2, -0.15) is 5.10 Å². The first-order valence-electron chi connectivity index (χ1n) is 5.62. The Hall–Kier alpha value is -1.77. The predicted octanol–water partition coefficient (Wildman–Crippen LogP) is 2.92. The van der Waals surface area contributed by atoms with Crippen molar-refractivity contribution in [3.8, 4) is 11.3 Å². The number of anilines is 1. The fraction of sp³-hybridized carbons (Fsp3) is 0.308. The van der Waals surface area contributed by atoms with E-state index in [4.69, 9.17) is 5.73 Å². The Bertz CT molecular complexity index is 468. The van der Waals surface area contributed by atoms with E-state index < -0.39 is 0 Å². The Morgan fingerprint density at radius 3 is 2.44 bits per heavy atom. The Kier molecular flexibility index (Phi) is 2.95. The van der Waals surface area contributed by atoms with Crippen LogP contribution in [-0.2, 0) is 6.42 Å². The van der Waals surface area contributed by atoms with Crippen LogP contribution in [0.5, 0.6) is 0 Å². The van der Waals surface area contributed by atoms with E-state index in [9.17, 15) is 0 Å². The van der Waals surface area contributed by atoms with Crippen molar-refractivity contribution in [2.24, 2.45) is 0 Å². The lowest BCUT2D eigenvalue weighted by molar-refractivity contribution is 0.922. The molecular weight excluding hydrogens is 198 g/mol. The number of H-pyrrole nitrogens is 1. The van der Waals surface area contributed by atoms with Crippen LogP contribution in [0, 0.1) is 6.92 Å². The molecule has 3 heteroatoms. The average molecular weight is 215 g/mol. The highest BCUT2D eigenvalue weighted by Gasteiger charge is 2.08. The number of rotatable bonds is 3. The summed E-state index contributed by atoms with van der Waals surface area (Å²) in [5.74, 6) is 0. The van der Waals surface area contributed by atoms with Gasteiger partial charge in [0.15, 0.2) is 0 Å². The molecule has 0 unspecified atom stereocenters. The summed E-state index contributed by atoms with van der Waals surface area (Å²) in [6, 6.07) is 8.44. The molecule has 84 valence electrons. The molecule has 0 saturated carbocycles. The molecular formula is C13H17N3. The van der Waals surface area contributed by atoms with Crippen molar-refractivity contribution >= 4 is 5.69 Å². The second-order valence-electron chi connectivity index (χ2n) is 4.06. The second-order valence-corrected chi connectivity index (χ2v) is 4.06. The molecule has 0 saturated heterocycles. The maximum absolute atomic E-state index is 5.94. The number of nitrogens with zero attached hydrogens (tertiary/aromatic N) is 1. The van der Waals surface area contributed by atoms with Gasteiger partial charge in [-0.15, -0.1) is 0 Å². The molecule has 0 radical (unpaired) electrons. The molecule has 0 aliphatic carbocycles. The topological polar surface area (TPSA) is 54.7 Å². The molecule has 1 aromatic heterocycles. The number of nitrogens with one attached hydrogen (secondary N) is 1. The normalized spacial score (nSPS) is 10.6. The number of hydrogen-bond acceptors (Lipinski definition) is 2. The Balaban J connectivity index is 2.31. The molecule has 0 aliphatic heterocycles. The van der Waals surface area contributed by atoms with E-state index in [0.717, 1.165) is 29.1 Å². The van der Waals surface area contributed by atoms with Gasteiger partial charge in [0.25, 0.3) is 0 Å². The van der Waals surface area contributed by atoms with Crippen molar-refractivity contribution in [3.63, 3.8) is 0 Å². The third-order valence-corrected chi connectivity index (χ3v) is 2.76. The van der Waals surface area contributed by atoms with E-state index in [1.807, 2.05) is 6.92 Å². The summed E-state index contributed by atoms with van der Waals surface area (Å²) >= 11 is 0. The molecule has 3 N–H and O–H groups in total. The quantitative estimate of drug-likeness (QED) is 0.827. The average Bonchev–Trinajstić information content (AvgIpc) is 2.62. The summed E-state index contributed by atoms with van der Waals surface area (Å²) in [4.78, 5) is 0. The zero-order valence-electron chi connectivity index (χ0n) is 9.75. The molecule has 2 aromatic rings. The van der Waals surface area contributed by atoms with Gasteiger partial charge in [-0.1, -0.05) is 37.6 Å². The second kappa shape index (κ2) is 4.39. The van der Waals surface area contributed by atoms with Crippen molar-refractivity contribution in [2.75, 3.05) is 5.73 Å². The Morgan fingerprint density at radius 1 is 1.25 bits per heavy atom. The Labute approximate surface area is 95.7 Å². The summed E-state index contributed by atoms with van der Waals surface area (Å²) in [7, 11) is 0. The van der Waals surface area contributed by atoms with Crippen LogP contribution >= 0.6 is 0 Å². The molecule has 1 heterocycles. The minimum Gasteiger partial charge on any atom is -0.395 e. The molecule has 1 aromatic carbocycles. The van der Waals surface area contributed by atoms with Gasteiger partial charge in [0.05, 0.1) is 11.4 Å². The van der Waals surface area contributed by atoms with Gasteiger partial charge in [-0.3, -0.25) is 5.10 Å². The summed E-state index contributed by atoms with van der Waals surface area (Å²) in [5, 5.41) is 7.11. The summed E-state index contributed by atoms with van der Waals surface area (Å²) in [5.41, 5.74) is 10.9. The van der Waals surface area contributed by atoms with Gasteiger partial charge in [-0.25, -0.2) is 0 Å². The van der Waals surface area contributed by atoms with Crippen LogP contribution in [-0.4, -0.2) is 10.2 Å². The minimum atomic E-state index is 0.739. The number of benzene rings is 1. The van der Waals surface area contributed by atoms with E-state index in [2.05, 4.69) is 41.4 Å². The third kappa shape index (κ3) is 1.94. The predicted molar refractivity (Wildman–Crippen MR) is 67.2 cm³/mol. The number of hydrogen-bond donors (Lipinski definition) is 2. The highest BCUT2D eigenvalue weighted by molar-refractivity contribution is 5.74. The van der Waals surface area contributed by atoms with Crippen LogP contribution in [0.4, 0.5) is 5.69 Å². The summed E-state index contributed by atoms with van der Waals surface area (Å²) in [6.07, 6.45) is 2.29. The van der Waals surface area contributed by atoms with E-state index in [0.29, 0.717) is 0 Å². The lowest BCUT2D eigenvalue weighted by Gasteiger charge is -2.01. The van der Waals surface area contributed by atoms with E-state index >= 15 is 0 Å². The molecule has 0 bridgehead atoms. The van der Waals surface area contributed by atoms with Gasteiger partial charge >= 0.3 is 0 Å². The molecule has 2 rings (SSSR count). The van der Waals surface area contributed by atoms with Gasteiger partial charge in [0.1, 0.15) is 5.69 Å². The number of nitrogens with two attached hydrogens (primary N) is 1. The van der Waals surface area contributed by atoms with Crippen molar-refractivity contribution < 1.29 is 0 Å². The molecule has 0 atom stereocenters. The fourth-order valence-corrected chi connectivity index (χ4v) is 1.78. The minimum absolute atomic E-state index is 0.739. The smallest absolute Gasteiger partial charge is 0.115 e. The fourth-order valence-electron chi connectivity index (χ4n) is 1.78. The SMILES string of the molecule is CCCc1ccc(-c2n[nH]c(C)c2N)cc1. The van der Waals surface area contributed by atoms with Crippen LogP contribution in [0.3, 0.4) is 0 Å². The molecule has 0 amide bonds. The lowest BCUT2D eigenvalue weighted by Crippen LogP contribution is -1.89. The maximum Gasteiger partial charge on any atom is 0.115 e. The molecule has 0 fully saturated rings. The standard InChI is InChI=1S/C13H17N3/c1-3-4-10-5-7-11(8-6-10)13-12(14)9(2)15-16-13/h5-8H,3-4,14H2,1-2H3,(H,15,16). The van der Waals surface area contributed by atoms with Crippen molar-refractivity contribution in [2.45, 2.75) is 26.7 Å². The van der Waals surface area contributed by atoms with E-state index in [1.54, 1.807) is 0 Å². The number of aromatic amines is 1. The van der Waals surface area contributed by atoms with E-state index in [-0.39, 0.29) is 0 Å². The van der Waals surface area contributed by atoms with Gasteiger partial charge < -0.3 is 5.73 Å². The summed E-state index contributed by atoms with van der Waals surface area (Å²) in [6.45, 7) is 4.11. The van der Waals surface area contributed by atoms with E-state index in [1.165, 1.54) is 12.0 Å². The van der Waals surface area contributed by atoms with Crippen LogP contribution in [0.15, 0.2) is 24.3 Å². The van der Waals surface area contributed by atoms with Gasteiger partial charge in [0.2, 0.25) is 0 Å². The number of nitrogen functional groups attached to an aromatic ring is 1. The zero-order valence-corrected chi connectivity index (χ0v) is 9.75. The largest absolute Gasteiger partial charge is 0.395 e. The van der Waals surface area contributed by atoms with Crippen LogP contribution in [0.2, 0.25) is 0 Å². The first-order valence-corrected chi connectivity index (χ1v) is 5.62. The number of aryl methyl sites for hydroxylation is 2. The highest BCUT2D eigenvalue weighted by atomic mass is 15.1. The van der Waals surface area contributed by atoms with Crippen LogP contribution in [0.25, 0.3) is 11.3 Å².